The molecule has 0 aliphatic rings. The molecule has 29 heavy (non-hydrogen) atoms. The smallest absolute Gasteiger partial charge is 0.191 e. The van der Waals surface area contributed by atoms with Crippen molar-refractivity contribution in [3.63, 3.8) is 0 Å². The molecule has 0 atom stereocenters. The number of hydrogen-bond donors (Lipinski definition) is 2. The van der Waals surface area contributed by atoms with Gasteiger partial charge >= 0.3 is 0 Å². The molecule has 0 spiro atoms. The topological polar surface area (TPSA) is 58.1 Å². The van der Waals surface area contributed by atoms with Gasteiger partial charge in [-0.05, 0) is 51.0 Å². The van der Waals surface area contributed by atoms with Crippen molar-refractivity contribution in [2.75, 3.05) is 53.6 Å². The van der Waals surface area contributed by atoms with Crippen LogP contribution < -0.4 is 15.4 Å². The van der Waals surface area contributed by atoms with Gasteiger partial charge in [0.25, 0.3) is 0 Å². The Bertz CT molecular complexity index is 566. The Balaban J connectivity index is 0.00000784. The van der Waals surface area contributed by atoms with Crippen LogP contribution in [0.25, 0.3) is 0 Å². The van der Waals surface area contributed by atoms with Crippen molar-refractivity contribution in [2.24, 2.45) is 4.99 Å². The molecule has 0 aliphatic carbocycles. The first-order valence-corrected chi connectivity index (χ1v) is 10.5. The van der Waals surface area contributed by atoms with Gasteiger partial charge < -0.3 is 25.0 Å². The molecule has 6 nitrogen and oxygen atoms in total. The van der Waals surface area contributed by atoms with Crippen LogP contribution in [0.3, 0.4) is 0 Å². The van der Waals surface area contributed by atoms with E-state index in [2.05, 4.69) is 59.5 Å². The maximum atomic E-state index is 5.96. The van der Waals surface area contributed by atoms with E-state index in [1.807, 2.05) is 7.05 Å². The van der Waals surface area contributed by atoms with Gasteiger partial charge in [-0.25, -0.2) is 0 Å². The van der Waals surface area contributed by atoms with Crippen LogP contribution in [-0.4, -0.2) is 64.4 Å². The number of nitrogens with zero attached hydrogens (tertiary/aromatic N) is 2. The fraction of sp³-hybridized carbons (Fsp3) is 0.682. The second-order valence-electron chi connectivity index (χ2n) is 6.89. The number of halogens is 1. The normalized spacial score (nSPS) is 11.3. The lowest BCUT2D eigenvalue weighted by molar-refractivity contribution is 0.171. The number of guanidine groups is 1. The number of nitrogens with one attached hydrogen (secondary N) is 2. The molecule has 1 aromatic carbocycles. The maximum absolute atomic E-state index is 5.96. The number of hydrogen-bond acceptors (Lipinski definition) is 4. The summed E-state index contributed by atoms with van der Waals surface area (Å²) in [5.41, 5.74) is 2.33. The Labute approximate surface area is 194 Å². The molecule has 0 bridgehead atoms. The zero-order valence-electron chi connectivity index (χ0n) is 18.9. The third-order valence-corrected chi connectivity index (χ3v) is 4.73. The van der Waals surface area contributed by atoms with Crippen molar-refractivity contribution in [1.82, 2.24) is 15.5 Å². The van der Waals surface area contributed by atoms with Gasteiger partial charge in [0.2, 0.25) is 0 Å². The summed E-state index contributed by atoms with van der Waals surface area (Å²) in [5.74, 6) is 1.76. The SMILES string of the molecule is CCN(CC)CCCCNC(=NC)NCc1ccc(C)cc1OCCCOC.I. The van der Waals surface area contributed by atoms with Gasteiger partial charge in [0.1, 0.15) is 5.75 Å². The van der Waals surface area contributed by atoms with Crippen LogP contribution in [0.1, 0.15) is 44.2 Å². The molecule has 0 saturated heterocycles. The molecule has 0 amide bonds. The Hall–Kier alpha value is -1.06. The minimum absolute atomic E-state index is 0. The van der Waals surface area contributed by atoms with Crippen molar-refractivity contribution in [1.29, 1.82) is 0 Å². The summed E-state index contributed by atoms with van der Waals surface area (Å²) >= 11 is 0. The van der Waals surface area contributed by atoms with E-state index in [9.17, 15) is 0 Å². The lowest BCUT2D eigenvalue weighted by Crippen LogP contribution is -2.37. The lowest BCUT2D eigenvalue weighted by Gasteiger charge is -2.18. The fourth-order valence-electron chi connectivity index (χ4n) is 2.93. The van der Waals surface area contributed by atoms with Crippen LogP contribution in [-0.2, 0) is 11.3 Å². The monoisotopic (exact) mass is 520 g/mol. The van der Waals surface area contributed by atoms with E-state index >= 15 is 0 Å². The van der Waals surface area contributed by atoms with Gasteiger partial charge in [-0.3, -0.25) is 4.99 Å². The Morgan fingerprint density at radius 1 is 1.07 bits per heavy atom. The quantitative estimate of drug-likeness (QED) is 0.169. The average Bonchev–Trinajstić information content (AvgIpc) is 2.71. The summed E-state index contributed by atoms with van der Waals surface area (Å²) in [4.78, 5) is 6.79. The van der Waals surface area contributed by atoms with E-state index in [0.717, 1.165) is 56.3 Å². The van der Waals surface area contributed by atoms with Crippen LogP contribution in [0.15, 0.2) is 23.2 Å². The zero-order chi connectivity index (χ0) is 20.6. The largest absolute Gasteiger partial charge is 0.493 e. The van der Waals surface area contributed by atoms with Gasteiger partial charge in [-0.1, -0.05) is 26.0 Å². The minimum atomic E-state index is 0. The fourth-order valence-corrected chi connectivity index (χ4v) is 2.93. The molecule has 168 valence electrons. The number of ether oxygens (including phenoxy) is 2. The van der Waals surface area contributed by atoms with Crippen molar-refractivity contribution < 1.29 is 9.47 Å². The van der Waals surface area contributed by atoms with Crippen molar-refractivity contribution in [3.8, 4) is 5.75 Å². The van der Waals surface area contributed by atoms with Crippen LogP contribution in [0, 0.1) is 6.92 Å². The Morgan fingerprint density at radius 3 is 2.48 bits per heavy atom. The molecule has 0 unspecified atom stereocenters. The average molecular weight is 521 g/mol. The molecule has 0 radical (unpaired) electrons. The first-order chi connectivity index (χ1) is 13.6. The molecule has 0 heterocycles. The number of aryl methyl sites for hydroxylation is 1. The summed E-state index contributed by atoms with van der Waals surface area (Å²) in [6.07, 6.45) is 3.21. The minimum Gasteiger partial charge on any atom is -0.493 e. The summed E-state index contributed by atoms with van der Waals surface area (Å²) in [5, 5.41) is 6.80. The number of unbranched alkanes of at least 4 members (excludes halogenated alkanes) is 1. The van der Waals surface area contributed by atoms with E-state index in [1.165, 1.54) is 12.0 Å². The Morgan fingerprint density at radius 2 is 1.83 bits per heavy atom. The molecule has 0 aliphatic heterocycles. The highest BCUT2D eigenvalue weighted by Gasteiger charge is 2.06. The molecule has 0 aromatic heterocycles. The van der Waals surface area contributed by atoms with Crippen molar-refractivity contribution >= 4 is 29.9 Å². The van der Waals surface area contributed by atoms with Crippen LogP contribution >= 0.6 is 24.0 Å². The van der Waals surface area contributed by atoms with Gasteiger partial charge in [0.15, 0.2) is 5.96 Å². The van der Waals surface area contributed by atoms with Crippen molar-refractivity contribution in [2.45, 2.75) is 46.6 Å². The molecule has 7 heteroatoms. The lowest BCUT2D eigenvalue weighted by atomic mass is 10.1. The van der Waals surface area contributed by atoms with Gasteiger partial charge in [-0.15, -0.1) is 24.0 Å². The molecule has 0 fully saturated rings. The first kappa shape index (κ1) is 27.9. The van der Waals surface area contributed by atoms with Crippen LogP contribution in [0.5, 0.6) is 5.75 Å². The maximum Gasteiger partial charge on any atom is 0.191 e. The number of methoxy groups -OCH3 is 1. The molecular formula is C22H41IN4O2. The van der Waals surface area contributed by atoms with Gasteiger partial charge in [0.05, 0.1) is 6.61 Å². The first-order valence-electron chi connectivity index (χ1n) is 10.5. The van der Waals surface area contributed by atoms with E-state index in [0.29, 0.717) is 19.8 Å². The second kappa shape index (κ2) is 17.8. The van der Waals surface area contributed by atoms with E-state index in [4.69, 9.17) is 9.47 Å². The summed E-state index contributed by atoms with van der Waals surface area (Å²) in [7, 11) is 3.52. The molecule has 1 aromatic rings. The standard InChI is InChI=1S/C22H40N4O2.HI/c1-6-26(7-2)14-9-8-13-24-22(23-4)25-18-20-12-11-19(3)17-21(20)28-16-10-15-27-5;/h11-12,17H,6-10,13-16,18H2,1-5H3,(H2,23,24,25);1H. The predicted molar refractivity (Wildman–Crippen MR) is 134 cm³/mol. The van der Waals surface area contributed by atoms with E-state index < -0.39 is 0 Å². The van der Waals surface area contributed by atoms with E-state index in [1.54, 1.807) is 7.11 Å². The predicted octanol–water partition coefficient (Wildman–Crippen LogP) is 3.82. The van der Waals surface area contributed by atoms with Crippen LogP contribution in [0.2, 0.25) is 0 Å². The van der Waals surface area contributed by atoms with Gasteiger partial charge in [-0.2, -0.15) is 0 Å². The molecule has 0 saturated carbocycles. The highest BCUT2D eigenvalue weighted by molar-refractivity contribution is 14.0. The highest BCUT2D eigenvalue weighted by Crippen LogP contribution is 2.20. The van der Waals surface area contributed by atoms with Crippen molar-refractivity contribution in [3.05, 3.63) is 29.3 Å². The second-order valence-corrected chi connectivity index (χ2v) is 6.89. The highest BCUT2D eigenvalue weighted by atomic mass is 127. The third kappa shape index (κ3) is 12.3. The zero-order valence-corrected chi connectivity index (χ0v) is 21.3. The number of benzene rings is 1. The van der Waals surface area contributed by atoms with Crippen LogP contribution in [0.4, 0.5) is 0 Å². The summed E-state index contributed by atoms with van der Waals surface area (Å²) < 4.78 is 11.0. The Kier molecular flexibility index (Phi) is 17.1. The summed E-state index contributed by atoms with van der Waals surface area (Å²) in [6.45, 7) is 12.9. The van der Waals surface area contributed by atoms with Gasteiger partial charge in [0, 0.05) is 45.8 Å². The number of aliphatic imine (C=N–C) groups is 1. The third-order valence-electron chi connectivity index (χ3n) is 4.73. The molecule has 1 rings (SSSR count). The summed E-state index contributed by atoms with van der Waals surface area (Å²) in [6, 6.07) is 6.32. The number of rotatable bonds is 14. The molecular weight excluding hydrogens is 479 g/mol. The molecule has 2 N–H and O–H groups in total. The van der Waals surface area contributed by atoms with E-state index in [-0.39, 0.29) is 24.0 Å².